The maximum absolute atomic E-state index is 13.1. The van der Waals surface area contributed by atoms with Crippen LogP contribution in [-0.4, -0.2) is 55.5 Å². The van der Waals surface area contributed by atoms with E-state index in [0.29, 0.717) is 23.7 Å². The molecule has 2 heterocycles. The second-order valence-corrected chi connectivity index (χ2v) is 7.93. The van der Waals surface area contributed by atoms with Crippen molar-refractivity contribution < 1.29 is 14.5 Å². The number of amides is 2. The largest absolute Gasteiger partial charge is 0.327 e. The van der Waals surface area contributed by atoms with Crippen LogP contribution < -0.4 is 9.80 Å². The summed E-state index contributed by atoms with van der Waals surface area (Å²) in [6.45, 7) is 5.55. The molecule has 1 atom stereocenters. The first-order chi connectivity index (χ1) is 13.6. The topological polar surface area (TPSA) is 45.1 Å². The zero-order chi connectivity index (χ0) is 19.7. The van der Waals surface area contributed by atoms with Crippen LogP contribution in [0.15, 0.2) is 48.5 Å². The fraction of sp³-hybridized carbons (Fsp3) is 0.364. The fourth-order valence-electron chi connectivity index (χ4n) is 4.21. The lowest BCUT2D eigenvalue weighted by Crippen LogP contribution is -3.19. The summed E-state index contributed by atoms with van der Waals surface area (Å²) in [7, 11) is 0. The molecule has 0 aliphatic carbocycles. The van der Waals surface area contributed by atoms with E-state index in [4.69, 9.17) is 11.6 Å². The van der Waals surface area contributed by atoms with E-state index in [0.717, 1.165) is 31.7 Å². The molecule has 2 amide bonds. The Balaban J connectivity index is 1.38. The van der Waals surface area contributed by atoms with Crippen molar-refractivity contribution in [3.8, 4) is 0 Å². The number of hydrogen-bond donors (Lipinski definition) is 1. The smallest absolute Gasteiger partial charge is 0.284 e. The quantitative estimate of drug-likeness (QED) is 0.854. The van der Waals surface area contributed by atoms with Crippen LogP contribution in [0.1, 0.15) is 22.8 Å². The van der Waals surface area contributed by atoms with Gasteiger partial charge in [-0.1, -0.05) is 41.9 Å². The van der Waals surface area contributed by atoms with Crippen LogP contribution in [0.5, 0.6) is 0 Å². The highest BCUT2D eigenvalue weighted by atomic mass is 35.5. The molecule has 4 rings (SSSR count). The van der Waals surface area contributed by atoms with Gasteiger partial charge in [-0.25, -0.2) is 0 Å². The highest BCUT2D eigenvalue weighted by Crippen LogP contribution is 2.27. The average molecular weight is 399 g/mol. The van der Waals surface area contributed by atoms with Gasteiger partial charge in [0.05, 0.1) is 36.8 Å². The lowest BCUT2D eigenvalue weighted by molar-refractivity contribution is -0.917. The van der Waals surface area contributed by atoms with Crippen LogP contribution in [0.3, 0.4) is 0 Å². The minimum atomic E-state index is -0.122. The average Bonchev–Trinajstić information content (AvgIpc) is 3.17. The number of nitrogens with one attached hydrogen (secondary N) is 1. The van der Waals surface area contributed by atoms with Crippen LogP contribution in [-0.2, 0) is 11.2 Å². The Morgan fingerprint density at radius 2 is 1.68 bits per heavy atom. The van der Waals surface area contributed by atoms with E-state index in [1.54, 1.807) is 12.1 Å². The van der Waals surface area contributed by atoms with Gasteiger partial charge in [0.15, 0.2) is 6.04 Å². The van der Waals surface area contributed by atoms with E-state index in [9.17, 15) is 9.59 Å². The standard InChI is InChI=1S/C22H24ClN3O2/c1-16(21(27)26-11-10-17-6-2-5-9-20(17)26)24-12-14-25(15-13-24)22(28)18-7-3-4-8-19(18)23/h2-9,16H,10-15H2,1H3/p+1/t16-/m1/s1. The van der Waals surface area contributed by atoms with E-state index in [1.807, 2.05) is 47.1 Å². The minimum Gasteiger partial charge on any atom is -0.327 e. The molecule has 2 aromatic rings. The van der Waals surface area contributed by atoms with Crippen molar-refractivity contribution in [2.75, 3.05) is 37.6 Å². The molecule has 146 valence electrons. The number of rotatable bonds is 3. The zero-order valence-electron chi connectivity index (χ0n) is 16.0. The van der Waals surface area contributed by atoms with Crippen LogP contribution >= 0.6 is 11.6 Å². The van der Waals surface area contributed by atoms with Gasteiger partial charge in [0.25, 0.3) is 11.8 Å². The predicted molar refractivity (Wildman–Crippen MR) is 110 cm³/mol. The van der Waals surface area contributed by atoms with Crippen LogP contribution in [0.4, 0.5) is 5.69 Å². The summed E-state index contributed by atoms with van der Waals surface area (Å²) in [6.07, 6.45) is 0.921. The van der Waals surface area contributed by atoms with Crippen molar-refractivity contribution in [1.29, 1.82) is 0 Å². The van der Waals surface area contributed by atoms with Gasteiger partial charge in [-0.15, -0.1) is 0 Å². The van der Waals surface area contributed by atoms with E-state index in [2.05, 4.69) is 6.07 Å². The van der Waals surface area contributed by atoms with E-state index < -0.39 is 0 Å². The summed E-state index contributed by atoms with van der Waals surface area (Å²) in [6, 6.07) is 15.2. The van der Waals surface area contributed by atoms with Crippen molar-refractivity contribution in [3.63, 3.8) is 0 Å². The van der Waals surface area contributed by atoms with Gasteiger partial charge in [-0.2, -0.15) is 0 Å². The predicted octanol–water partition coefficient (Wildman–Crippen LogP) is 1.66. The number of piperazine rings is 1. The molecule has 6 heteroatoms. The Morgan fingerprint density at radius 1 is 1.00 bits per heavy atom. The molecule has 28 heavy (non-hydrogen) atoms. The van der Waals surface area contributed by atoms with E-state index in [-0.39, 0.29) is 17.9 Å². The zero-order valence-corrected chi connectivity index (χ0v) is 16.8. The van der Waals surface area contributed by atoms with Gasteiger partial charge in [-0.05, 0) is 37.1 Å². The molecular weight excluding hydrogens is 374 g/mol. The summed E-state index contributed by atoms with van der Waals surface area (Å²) >= 11 is 6.17. The third-order valence-electron chi connectivity index (χ3n) is 5.93. The number of para-hydroxylation sites is 1. The van der Waals surface area contributed by atoms with Crippen LogP contribution in [0.25, 0.3) is 0 Å². The highest BCUT2D eigenvalue weighted by Gasteiger charge is 2.36. The molecule has 2 aliphatic rings. The molecule has 2 aromatic carbocycles. The SMILES string of the molecule is C[C@H](C(=O)N1CCc2ccccc21)[NH+]1CCN(C(=O)c2ccccc2Cl)CC1. The number of carbonyl (C=O) groups is 2. The van der Waals surface area contributed by atoms with E-state index >= 15 is 0 Å². The van der Waals surface area contributed by atoms with Crippen molar-refractivity contribution in [2.24, 2.45) is 0 Å². The molecule has 0 spiro atoms. The lowest BCUT2D eigenvalue weighted by Gasteiger charge is -2.36. The summed E-state index contributed by atoms with van der Waals surface area (Å²) in [5.41, 5.74) is 2.84. The second kappa shape index (κ2) is 7.94. The van der Waals surface area contributed by atoms with Crippen molar-refractivity contribution in [1.82, 2.24) is 4.90 Å². The van der Waals surface area contributed by atoms with E-state index in [1.165, 1.54) is 10.5 Å². The molecule has 5 nitrogen and oxygen atoms in total. The molecule has 1 fully saturated rings. The lowest BCUT2D eigenvalue weighted by atomic mass is 10.1. The summed E-state index contributed by atoms with van der Waals surface area (Å²) in [4.78, 5) is 30.8. The molecule has 0 saturated carbocycles. The second-order valence-electron chi connectivity index (χ2n) is 7.52. The number of anilines is 1. The Labute approximate surface area is 170 Å². The van der Waals surface area contributed by atoms with Gasteiger partial charge in [0, 0.05) is 12.2 Å². The van der Waals surface area contributed by atoms with Crippen molar-refractivity contribution in [2.45, 2.75) is 19.4 Å². The Bertz CT molecular complexity index is 893. The number of carbonyl (C=O) groups excluding carboxylic acids is 2. The van der Waals surface area contributed by atoms with Crippen molar-refractivity contribution >= 4 is 29.1 Å². The fourth-order valence-corrected chi connectivity index (χ4v) is 4.43. The normalized spacial score (nSPS) is 18.1. The molecular formula is C22H25ClN3O2+. The number of benzene rings is 2. The first-order valence-electron chi connectivity index (χ1n) is 9.84. The highest BCUT2D eigenvalue weighted by molar-refractivity contribution is 6.33. The van der Waals surface area contributed by atoms with Gasteiger partial charge < -0.3 is 14.7 Å². The number of nitrogens with zero attached hydrogens (tertiary/aromatic N) is 2. The number of hydrogen-bond acceptors (Lipinski definition) is 2. The number of quaternary nitrogens is 1. The number of fused-ring (bicyclic) bond motifs is 1. The van der Waals surface area contributed by atoms with Gasteiger partial charge in [-0.3, -0.25) is 9.59 Å². The Kier molecular flexibility index (Phi) is 5.38. The van der Waals surface area contributed by atoms with Crippen LogP contribution in [0, 0.1) is 0 Å². The van der Waals surface area contributed by atoms with Gasteiger partial charge >= 0.3 is 0 Å². The monoisotopic (exact) mass is 398 g/mol. The third kappa shape index (κ3) is 3.52. The van der Waals surface area contributed by atoms with Crippen molar-refractivity contribution in [3.05, 3.63) is 64.7 Å². The molecule has 1 N–H and O–H groups in total. The first-order valence-corrected chi connectivity index (χ1v) is 10.2. The van der Waals surface area contributed by atoms with Gasteiger partial charge in [0.1, 0.15) is 0 Å². The first kappa shape index (κ1) is 19.0. The third-order valence-corrected chi connectivity index (χ3v) is 6.26. The van der Waals surface area contributed by atoms with Crippen LogP contribution in [0.2, 0.25) is 5.02 Å². The maximum Gasteiger partial charge on any atom is 0.284 e. The molecule has 0 radical (unpaired) electrons. The molecule has 2 aliphatic heterocycles. The number of halogens is 1. The Morgan fingerprint density at radius 3 is 2.43 bits per heavy atom. The molecule has 0 bridgehead atoms. The maximum atomic E-state index is 13.1. The molecule has 0 unspecified atom stereocenters. The summed E-state index contributed by atoms with van der Waals surface area (Å²) < 4.78 is 0. The van der Waals surface area contributed by atoms with Gasteiger partial charge in [0.2, 0.25) is 0 Å². The molecule has 0 aromatic heterocycles. The summed E-state index contributed by atoms with van der Waals surface area (Å²) in [5, 5.41) is 0.485. The molecule has 1 saturated heterocycles. The summed E-state index contributed by atoms with van der Waals surface area (Å²) in [5.74, 6) is 0.142. The Hall–Kier alpha value is -2.37. The minimum absolute atomic E-state index is 0.0305.